The van der Waals surface area contributed by atoms with Crippen molar-refractivity contribution < 1.29 is 24.7 Å². The third kappa shape index (κ3) is 1.95. The van der Waals surface area contributed by atoms with E-state index in [1.54, 1.807) is 30.3 Å². The number of fused-ring (bicyclic) bond motifs is 1. The van der Waals surface area contributed by atoms with Crippen LogP contribution in [0, 0.1) is 0 Å². The van der Waals surface area contributed by atoms with E-state index in [0.717, 1.165) is 5.39 Å². The van der Waals surface area contributed by atoms with E-state index in [4.69, 9.17) is 10.2 Å². The fourth-order valence-corrected chi connectivity index (χ4v) is 1.77. The average Bonchev–Trinajstić information content (AvgIpc) is 2.28. The van der Waals surface area contributed by atoms with E-state index < -0.39 is 17.1 Å². The van der Waals surface area contributed by atoms with Crippen molar-refractivity contribution in [1.82, 2.24) is 0 Å². The molecule has 5 heteroatoms. The Hall–Kier alpha value is -2.40. The van der Waals surface area contributed by atoms with Gasteiger partial charge in [-0.1, -0.05) is 30.3 Å². The number of rotatable bonds is 1. The second-order valence-electron chi connectivity index (χ2n) is 3.51. The van der Waals surface area contributed by atoms with Crippen LogP contribution in [0.2, 0.25) is 0 Å². The highest BCUT2D eigenvalue weighted by atomic mass is 16.4. The number of imide groups is 1. The number of hydrogen-bond donors (Lipinski definition) is 3. The van der Waals surface area contributed by atoms with E-state index in [9.17, 15) is 9.59 Å². The fraction of sp³-hybridized carbons (Fsp3) is 0. The predicted octanol–water partition coefficient (Wildman–Crippen LogP) is 1.71. The highest BCUT2D eigenvalue weighted by Crippen LogP contribution is 2.19. The standard InChI is InChI=1S/C12H9NO4/c14-11(15)13(12(16)17)10-7-3-5-8-4-1-2-6-9(8)10/h1-7H,(H,14,15)(H,16,17)/p+1. The molecule has 0 aliphatic rings. The molecule has 2 amide bonds. The molecule has 2 rings (SSSR count). The van der Waals surface area contributed by atoms with Crippen LogP contribution in [0.4, 0.5) is 15.3 Å². The van der Waals surface area contributed by atoms with Gasteiger partial charge in [-0.25, -0.2) is 0 Å². The number of carbonyl (C=O) groups is 2. The molecule has 5 nitrogen and oxygen atoms in total. The summed E-state index contributed by atoms with van der Waals surface area (Å²) in [5, 5.41) is 19.3. The smallest absolute Gasteiger partial charge is 0.435 e. The molecule has 0 unspecified atom stereocenters. The summed E-state index contributed by atoms with van der Waals surface area (Å²) in [4.78, 5) is 21.3. The fourth-order valence-electron chi connectivity index (χ4n) is 1.77. The first-order valence-electron chi connectivity index (χ1n) is 4.93. The molecule has 0 radical (unpaired) electrons. The Balaban J connectivity index is 2.69. The van der Waals surface area contributed by atoms with Gasteiger partial charge in [-0.2, -0.15) is 9.59 Å². The summed E-state index contributed by atoms with van der Waals surface area (Å²) < 4.78 is 0. The van der Waals surface area contributed by atoms with Crippen molar-refractivity contribution in [2.45, 2.75) is 0 Å². The number of hydrogen-bond acceptors (Lipinski definition) is 2. The molecular weight excluding hydrogens is 222 g/mol. The molecule has 0 spiro atoms. The number of amides is 2. The molecule has 0 atom stereocenters. The van der Waals surface area contributed by atoms with Gasteiger partial charge in [0.25, 0.3) is 0 Å². The van der Waals surface area contributed by atoms with Crippen molar-refractivity contribution in [3.63, 3.8) is 0 Å². The summed E-state index contributed by atoms with van der Waals surface area (Å²) in [7, 11) is 0. The highest BCUT2D eigenvalue weighted by Gasteiger charge is 2.31. The highest BCUT2D eigenvalue weighted by molar-refractivity contribution is 5.93. The maximum Gasteiger partial charge on any atom is 0.527 e. The molecule has 0 aromatic heterocycles. The van der Waals surface area contributed by atoms with Gasteiger partial charge in [0.1, 0.15) is 0 Å². The Bertz CT molecular complexity index is 575. The van der Waals surface area contributed by atoms with E-state index in [2.05, 4.69) is 0 Å². The zero-order chi connectivity index (χ0) is 12.4. The van der Waals surface area contributed by atoms with Crippen LogP contribution < -0.4 is 4.90 Å². The SMILES string of the molecule is O=C(O)[NH+](C(=O)O)c1cccc2ccccc12. The first kappa shape index (κ1) is 11.1. The van der Waals surface area contributed by atoms with E-state index in [1.165, 1.54) is 6.07 Å². The minimum Gasteiger partial charge on any atom is -0.435 e. The molecule has 0 aliphatic carbocycles. The van der Waals surface area contributed by atoms with Gasteiger partial charge in [-0.15, -0.1) is 4.90 Å². The first-order chi connectivity index (χ1) is 8.11. The second-order valence-corrected chi connectivity index (χ2v) is 3.51. The Morgan fingerprint density at radius 3 is 2.12 bits per heavy atom. The summed E-state index contributed by atoms with van der Waals surface area (Å²) in [6.07, 6.45) is -2.87. The van der Waals surface area contributed by atoms with Crippen LogP contribution in [0.15, 0.2) is 42.5 Å². The van der Waals surface area contributed by atoms with Crippen LogP contribution in [0.5, 0.6) is 0 Å². The summed E-state index contributed by atoms with van der Waals surface area (Å²) >= 11 is 0. The molecule has 0 saturated carbocycles. The lowest BCUT2D eigenvalue weighted by atomic mass is 10.1. The normalized spacial score (nSPS) is 10.6. The zero-order valence-corrected chi connectivity index (χ0v) is 8.75. The quantitative estimate of drug-likeness (QED) is 0.699. The topological polar surface area (TPSA) is 79.0 Å². The van der Waals surface area contributed by atoms with Crippen LogP contribution in [0.25, 0.3) is 10.8 Å². The molecule has 17 heavy (non-hydrogen) atoms. The maximum absolute atomic E-state index is 11.0. The van der Waals surface area contributed by atoms with Gasteiger partial charge in [-0.05, 0) is 11.5 Å². The minimum absolute atomic E-state index is 0.225. The zero-order valence-electron chi connectivity index (χ0n) is 8.75. The van der Waals surface area contributed by atoms with Gasteiger partial charge in [-0.3, -0.25) is 0 Å². The third-order valence-corrected chi connectivity index (χ3v) is 2.49. The Kier molecular flexibility index (Phi) is 2.76. The van der Waals surface area contributed by atoms with E-state index in [-0.39, 0.29) is 5.69 Å². The van der Waals surface area contributed by atoms with Crippen molar-refractivity contribution >= 4 is 28.6 Å². The van der Waals surface area contributed by atoms with Gasteiger partial charge in [0.15, 0.2) is 5.69 Å². The predicted molar refractivity (Wildman–Crippen MR) is 60.6 cm³/mol. The molecule has 0 heterocycles. The number of benzene rings is 2. The Morgan fingerprint density at radius 1 is 0.882 bits per heavy atom. The van der Waals surface area contributed by atoms with Crippen molar-refractivity contribution in [3.8, 4) is 0 Å². The monoisotopic (exact) mass is 232 g/mol. The van der Waals surface area contributed by atoms with Crippen LogP contribution in [0.3, 0.4) is 0 Å². The molecular formula is C12H10NO4+. The van der Waals surface area contributed by atoms with Gasteiger partial charge in [0.2, 0.25) is 0 Å². The molecule has 0 fully saturated rings. The first-order valence-corrected chi connectivity index (χ1v) is 4.93. The summed E-state index contributed by atoms with van der Waals surface area (Å²) in [6, 6.07) is 12.0. The number of quaternary nitrogens is 1. The van der Waals surface area contributed by atoms with Crippen LogP contribution in [-0.4, -0.2) is 22.4 Å². The van der Waals surface area contributed by atoms with Crippen molar-refractivity contribution in [1.29, 1.82) is 0 Å². The number of nitrogens with one attached hydrogen (secondary N) is 1. The van der Waals surface area contributed by atoms with E-state index in [0.29, 0.717) is 5.39 Å². The van der Waals surface area contributed by atoms with Crippen molar-refractivity contribution in [3.05, 3.63) is 42.5 Å². The maximum atomic E-state index is 11.0. The summed E-state index contributed by atoms with van der Waals surface area (Å²) in [5.74, 6) is 0. The largest absolute Gasteiger partial charge is 0.527 e. The lowest BCUT2D eigenvalue weighted by molar-refractivity contribution is -0.667. The molecule has 2 aromatic carbocycles. The lowest BCUT2D eigenvalue weighted by Gasteiger charge is -2.09. The molecule has 86 valence electrons. The average molecular weight is 232 g/mol. The van der Waals surface area contributed by atoms with Crippen LogP contribution >= 0.6 is 0 Å². The van der Waals surface area contributed by atoms with E-state index in [1.807, 2.05) is 6.07 Å². The van der Waals surface area contributed by atoms with Gasteiger partial charge in [0.05, 0.1) is 0 Å². The second kappa shape index (κ2) is 4.23. The van der Waals surface area contributed by atoms with Gasteiger partial charge < -0.3 is 10.2 Å². The minimum atomic E-state index is -1.44. The van der Waals surface area contributed by atoms with E-state index >= 15 is 0 Å². The molecule has 0 bridgehead atoms. The van der Waals surface area contributed by atoms with Crippen molar-refractivity contribution in [2.75, 3.05) is 0 Å². The van der Waals surface area contributed by atoms with Gasteiger partial charge in [0, 0.05) is 11.5 Å². The Labute approximate surface area is 96.5 Å². The third-order valence-electron chi connectivity index (χ3n) is 2.49. The van der Waals surface area contributed by atoms with Gasteiger partial charge >= 0.3 is 12.2 Å². The summed E-state index contributed by atoms with van der Waals surface area (Å²) in [6.45, 7) is 0. The van der Waals surface area contributed by atoms with Crippen LogP contribution in [0.1, 0.15) is 0 Å². The van der Waals surface area contributed by atoms with Crippen LogP contribution in [-0.2, 0) is 0 Å². The lowest BCUT2D eigenvalue weighted by Crippen LogP contribution is -3.12. The molecule has 2 aromatic rings. The van der Waals surface area contributed by atoms with Crippen molar-refractivity contribution in [2.24, 2.45) is 0 Å². The molecule has 0 aliphatic heterocycles. The molecule has 3 N–H and O–H groups in total. The summed E-state index contributed by atoms with van der Waals surface area (Å²) in [5.41, 5.74) is 0.225. The molecule has 0 saturated heterocycles. The number of carboxylic acid groups (broad SMARTS) is 2. The Morgan fingerprint density at radius 2 is 1.47 bits per heavy atom.